The van der Waals surface area contributed by atoms with Crippen LogP contribution in [-0.2, 0) is 6.54 Å². The largest absolute Gasteiger partial charge is 0.354 e. The summed E-state index contributed by atoms with van der Waals surface area (Å²) in [5, 5.41) is 3.71. The van der Waals surface area contributed by atoms with E-state index in [2.05, 4.69) is 20.2 Å². The van der Waals surface area contributed by atoms with Crippen molar-refractivity contribution in [1.29, 1.82) is 0 Å². The van der Waals surface area contributed by atoms with Crippen molar-refractivity contribution in [3.8, 4) is 0 Å². The molecule has 5 nitrogen and oxygen atoms in total. The smallest absolute Gasteiger partial charge is 0.262 e. The van der Waals surface area contributed by atoms with Gasteiger partial charge in [0.15, 0.2) is 0 Å². The zero-order valence-electron chi connectivity index (χ0n) is 11.9. The Kier molecular flexibility index (Phi) is 4.62. The highest BCUT2D eigenvalue weighted by Crippen LogP contribution is 2.34. The molecule has 3 rings (SSSR count). The predicted octanol–water partition coefficient (Wildman–Crippen LogP) is 2.69. The van der Waals surface area contributed by atoms with Crippen molar-refractivity contribution in [3.05, 3.63) is 32.7 Å². The van der Waals surface area contributed by atoms with Gasteiger partial charge in [-0.25, -0.2) is 4.98 Å². The minimum absolute atomic E-state index is 0.0523. The molecule has 0 saturated carbocycles. The van der Waals surface area contributed by atoms with Crippen LogP contribution in [0.15, 0.2) is 17.9 Å². The molecule has 1 N–H and O–H groups in total. The second-order valence-electron chi connectivity index (χ2n) is 5.09. The van der Waals surface area contributed by atoms with Crippen LogP contribution in [0.3, 0.4) is 0 Å². The summed E-state index contributed by atoms with van der Waals surface area (Å²) in [5.74, 6) is -0.0523. The molecule has 2 aromatic heterocycles. The van der Waals surface area contributed by atoms with E-state index in [1.807, 2.05) is 11.7 Å². The van der Waals surface area contributed by atoms with Crippen LogP contribution in [0.5, 0.6) is 0 Å². The molecule has 1 amide bonds. The van der Waals surface area contributed by atoms with Crippen LogP contribution in [0.2, 0.25) is 0 Å². The van der Waals surface area contributed by atoms with E-state index in [1.165, 1.54) is 29.1 Å². The normalized spacial score (nSPS) is 19.6. The number of nitrogens with one attached hydrogen (secondary N) is 1. The summed E-state index contributed by atoms with van der Waals surface area (Å²) in [7, 11) is 1.65. The third-order valence-corrected chi connectivity index (χ3v) is 5.58. The Bertz CT molecular complexity index is 596. The van der Waals surface area contributed by atoms with Gasteiger partial charge in [-0.2, -0.15) is 0 Å². The molecule has 1 saturated heterocycles. The van der Waals surface area contributed by atoms with Crippen molar-refractivity contribution in [1.82, 2.24) is 20.2 Å². The standard InChI is InChI=1S/C14H18N4OS2/c1-15-13(19)12-7-17-14(21-12)11-4-2-3-5-18(11)8-10-6-16-9-20-10/h6-7,9,11H,2-5,8H2,1H3,(H,15,19)/t11-/m0/s1. The van der Waals surface area contributed by atoms with E-state index in [0.717, 1.165) is 24.5 Å². The highest BCUT2D eigenvalue weighted by atomic mass is 32.1. The lowest BCUT2D eigenvalue weighted by molar-refractivity contribution is 0.0967. The molecule has 0 aliphatic carbocycles. The maximum atomic E-state index is 11.7. The summed E-state index contributed by atoms with van der Waals surface area (Å²) in [6.45, 7) is 2.00. The summed E-state index contributed by atoms with van der Waals surface area (Å²) in [6, 6.07) is 0.323. The molecule has 0 unspecified atom stereocenters. The van der Waals surface area contributed by atoms with Gasteiger partial charge in [0, 0.05) is 24.7 Å². The number of piperidine rings is 1. The number of likely N-dealkylation sites (tertiary alicyclic amines) is 1. The molecule has 112 valence electrons. The second-order valence-corrected chi connectivity index (χ2v) is 7.12. The molecule has 1 atom stereocenters. The Labute approximate surface area is 132 Å². The van der Waals surface area contributed by atoms with Crippen molar-refractivity contribution in [2.75, 3.05) is 13.6 Å². The Morgan fingerprint density at radius 2 is 2.38 bits per heavy atom. The molecule has 1 aliphatic heterocycles. The lowest BCUT2D eigenvalue weighted by atomic mass is 10.0. The molecule has 1 aliphatic rings. The fourth-order valence-electron chi connectivity index (χ4n) is 2.65. The minimum atomic E-state index is -0.0523. The quantitative estimate of drug-likeness (QED) is 0.940. The maximum absolute atomic E-state index is 11.7. The first-order valence-corrected chi connectivity index (χ1v) is 8.77. The first kappa shape index (κ1) is 14.6. The Hall–Kier alpha value is -1.31. The molecule has 7 heteroatoms. The van der Waals surface area contributed by atoms with Gasteiger partial charge in [-0.05, 0) is 19.4 Å². The summed E-state index contributed by atoms with van der Waals surface area (Å²) in [4.78, 5) is 24.8. The number of thiazole rings is 2. The average molecular weight is 322 g/mol. The van der Waals surface area contributed by atoms with Crippen molar-refractivity contribution in [2.45, 2.75) is 31.8 Å². The predicted molar refractivity (Wildman–Crippen MR) is 84.6 cm³/mol. The minimum Gasteiger partial charge on any atom is -0.354 e. The van der Waals surface area contributed by atoms with Crippen molar-refractivity contribution < 1.29 is 4.79 Å². The number of aromatic nitrogens is 2. The van der Waals surface area contributed by atoms with Crippen molar-refractivity contribution in [2.24, 2.45) is 0 Å². The third kappa shape index (κ3) is 3.30. The molecule has 0 spiro atoms. The zero-order chi connectivity index (χ0) is 14.7. The highest BCUT2D eigenvalue weighted by molar-refractivity contribution is 7.13. The fraction of sp³-hybridized carbons (Fsp3) is 0.500. The maximum Gasteiger partial charge on any atom is 0.262 e. The van der Waals surface area contributed by atoms with Gasteiger partial charge in [-0.1, -0.05) is 6.42 Å². The molecule has 3 heterocycles. The number of amides is 1. The first-order valence-electron chi connectivity index (χ1n) is 7.07. The van der Waals surface area contributed by atoms with Crippen LogP contribution in [0.25, 0.3) is 0 Å². The molecule has 1 fully saturated rings. The number of hydrogen-bond donors (Lipinski definition) is 1. The van der Waals surface area contributed by atoms with Gasteiger partial charge in [0.25, 0.3) is 5.91 Å². The molecular formula is C14H18N4OS2. The van der Waals surface area contributed by atoms with Gasteiger partial charge in [0.05, 0.1) is 17.7 Å². The summed E-state index contributed by atoms with van der Waals surface area (Å²) < 4.78 is 0. The lowest BCUT2D eigenvalue weighted by Gasteiger charge is -2.34. The van der Waals surface area contributed by atoms with E-state index in [1.54, 1.807) is 24.6 Å². The van der Waals surface area contributed by atoms with E-state index in [4.69, 9.17) is 0 Å². The first-order chi connectivity index (χ1) is 10.3. The van der Waals surface area contributed by atoms with Gasteiger partial charge >= 0.3 is 0 Å². The molecule has 0 aromatic carbocycles. The fourth-order valence-corrected chi connectivity index (χ4v) is 4.30. The van der Waals surface area contributed by atoms with Gasteiger partial charge in [-0.15, -0.1) is 22.7 Å². The average Bonchev–Trinajstić information content (AvgIpc) is 3.18. The van der Waals surface area contributed by atoms with E-state index in [0.29, 0.717) is 10.9 Å². The van der Waals surface area contributed by atoms with Crippen LogP contribution in [0.1, 0.15) is 44.9 Å². The van der Waals surface area contributed by atoms with E-state index >= 15 is 0 Å². The molecule has 0 bridgehead atoms. The van der Waals surface area contributed by atoms with Gasteiger partial charge in [0.2, 0.25) is 0 Å². The number of nitrogens with zero attached hydrogens (tertiary/aromatic N) is 3. The Balaban J connectivity index is 1.77. The van der Waals surface area contributed by atoms with Crippen LogP contribution in [0.4, 0.5) is 0 Å². The summed E-state index contributed by atoms with van der Waals surface area (Å²) in [5.41, 5.74) is 1.88. The topological polar surface area (TPSA) is 58.1 Å². The van der Waals surface area contributed by atoms with E-state index in [-0.39, 0.29) is 5.91 Å². The van der Waals surface area contributed by atoms with Crippen molar-refractivity contribution in [3.63, 3.8) is 0 Å². The second kappa shape index (κ2) is 6.64. The number of rotatable bonds is 4. The van der Waals surface area contributed by atoms with Crippen LogP contribution >= 0.6 is 22.7 Å². The van der Waals surface area contributed by atoms with Gasteiger partial charge in [-0.3, -0.25) is 14.7 Å². The van der Waals surface area contributed by atoms with Crippen LogP contribution < -0.4 is 5.32 Å². The van der Waals surface area contributed by atoms with Crippen molar-refractivity contribution >= 4 is 28.6 Å². The van der Waals surface area contributed by atoms with Gasteiger partial charge in [0.1, 0.15) is 9.88 Å². The monoisotopic (exact) mass is 322 g/mol. The SMILES string of the molecule is CNC(=O)c1cnc([C@@H]2CCCCN2Cc2cncs2)s1. The number of carbonyl (C=O) groups excluding carboxylic acids is 1. The van der Waals surface area contributed by atoms with Crippen LogP contribution in [-0.4, -0.2) is 34.4 Å². The van der Waals surface area contributed by atoms with Gasteiger partial charge < -0.3 is 5.32 Å². The molecule has 0 radical (unpaired) electrons. The third-order valence-electron chi connectivity index (χ3n) is 3.72. The Morgan fingerprint density at radius 3 is 3.14 bits per heavy atom. The van der Waals surface area contributed by atoms with E-state index in [9.17, 15) is 4.79 Å². The van der Waals surface area contributed by atoms with E-state index < -0.39 is 0 Å². The van der Waals surface area contributed by atoms with Crippen LogP contribution in [0, 0.1) is 0 Å². The molecular weight excluding hydrogens is 304 g/mol. The summed E-state index contributed by atoms with van der Waals surface area (Å²) >= 11 is 3.21. The number of carbonyl (C=O) groups is 1. The zero-order valence-corrected chi connectivity index (χ0v) is 13.5. The highest BCUT2D eigenvalue weighted by Gasteiger charge is 2.27. The lowest BCUT2D eigenvalue weighted by Crippen LogP contribution is -2.32. The number of hydrogen-bond acceptors (Lipinski definition) is 6. The molecule has 2 aromatic rings. The summed E-state index contributed by atoms with van der Waals surface area (Å²) in [6.07, 6.45) is 7.19. The molecule has 21 heavy (non-hydrogen) atoms. The Morgan fingerprint density at radius 1 is 1.48 bits per heavy atom.